The lowest BCUT2D eigenvalue weighted by Gasteiger charge is -2.21. The zero-order valence-corrected chi connectivity index (χ0v) is 51.2. The molecule has 2 N–H and O–H groups in total. The second-order valence-electron chi connectivity index (χ2n) is 22.9. The van der Waals surface area contributed by atoms with E-state index in [-0.39, 0.29) is 18.5 Å². The summed E-state index contributed by atoms with van der Waals surface area (Å²) in [4.78, 5) is 29.7. The second-order valence-corrected chi connectivity index (χ2v) is 22.9. The van der Waals surface area contributed by atoms with Crippen LogP contribution in [-0.4, -0.2) is 109 Å². The Bertz CT molecular complexity index is 1200. The largest absolute Gasteiger partial charge is 0.466 e. The van der Waals surface area contributed by atoms with Crippen LogP contribution in [0.1, 0.15) is 323 Å². The van der Waals surface area contributed by atoms with E-state index >= 15 is 0 Å². The third-order valence-corrected chi connectivity index (χ3v) is 15.4. The van der Waals surface area contributed by atoms with Crippen molar-refractivity contribution in [3.05, 3.63) is 24.3 Å². The van der Waals surface area contributed by atoms with Gasteiger partial charge in [-0.2, -0.15) is 5.06 Å². The predicted octanol–water partition coefficient (Wildman–Crippen LogP) is 18.9. The molecule has 0 fully saturated rings. The molecule has 0 unspecified atom stereocenters. The zero-order chi connectivity index (χ0) is 55.1. The molecule has 0 aromatic carbocycles. The average Bonchev–Trinajstić information content (AvgIpc) is 3.41. The Hall–Kier alpha value is -1.78. The molecule has 0 saturated carbocycles. The van der Waals surface area contributed by atoms with Crippen LogP contribution in [0.4, 0.5) is 0 Å². The first-order chi connectivity index (χ1) is 37.5. The van der Waals surface area contributed by atoms with Gasteiger partial charge in [0.25, 0.3) is 0 Å². The average molecular weight is 1070 g/mol. The SMILES string of the molecule is CCCCC/C=C\C/C=C\CCCCCCCCN(CCO)CCCCCCCCCCOC(=O)CCCCCCCCCN(O)CCCCCCCCCOC(=O)CN(CCCCCCCC)CCCCCCCC. The van der Waals surface area contributed by atoms with Crippen molar-refractivity contribution >= 4 is 11.9 Å². The molecule has 0 atom stereocenters. The zero-order valence-electron chi connectivity index (χ0n) is 51.2. The highest BCUT2D eigenvalue weighted by Crippen LogP contribution is 2.15. The fraction of sp³-hybridized carbons (Fsp3) is 0.910. The summed E-state index contributed by atoms with van der Waals surface area (Å²) < 4.78 is 11.2. The summed E-state index contributed by atoms with van der Waals surface area (Å²) in [5, 5.41) is 21.4. The van der Waals surface area contributed by atoms with E-state index in [1.165, 1.54) is 223 Å². The lowest BCUT2D eigenvalue weighted by atomic mass is 10.1. The number of carbonyl (C=O) groups is 2. The molecule has 0 heterocycles. The first-order valence-electron chi connectivity index (χ1n) is 33.6. The minimum absolute atomic E-state index is 0.0338. The van der Waals surface area contributed by atoms with Crippen molar-refractivity contribution in [3.63, 3.8) is 0 Å². The van der Waals surface area contributed by atoms with Crippen LogP contribution in [-0.2, 0) is 19.1 Å². The van der Waals surface area contributed by atoms with Crippen LogP contribution >= 0.6 is 0 Å². The van der Waals surface area contributed by atoms with E-state index in [1.807, 2.05) is 0 Å². The van der Waals surface area contributed by atoms with E-state index in [2.05, 4.69) is 54.9 Å². The van der Waals surface area contributed by atoms with Crippen molar-refractivity contribution in [1.29, 1.82) is 0 Å². The quantitative estimate of drug-likeness (QED) is 0.0267. The topological polar surface area (TPSA) is 103 Å². The first kappa shape index (κ1) is 74.2. The lowest BCUT2D eigenvalue weighted by Crippen LogP contribution is -2.33. The summed E-state index contributed by atoms with van der Waals surface area (Å²) in [7, 11) is 0. The Labute approximate surface area is 473 Å². The third kappa shape index (κ3) is 59.9. The van der Waals surface area contributed by atoms with E-state index in [9.17, 15) is 19.9 Å². The summed E-state index contributed by atoms with van der Waals surface area (Å²) in [5.74, 6) is -0.0820. The molecule has 450 valence electrons. The van der Waals surface area contributed by atoms with Crippen molar-refractivity contribution in [2.75, 3.05) is 72.2 Å². The summed E-state index contributed by atoms with van der Waals surface area (Å²) in [6.07, 6.45) is 66.0. The molecular weight excluding hydrogens is 943 g/mol. The summed E-state index contributed by atoms with van der Waals surface area (Å²) in [5.41, 5.74) is 0. The molecule has 0 radical (unpaired) electrons. The number of allylic oxidation sites excluding steroid dienone is 4. The molecule has 9 nitrogen and oxygen atoms in total. The monoisotopic (exact) mass is 1070 g/mol. The Morgan fingerprint density at radius 3 is 1.08 bits per heavy atom. The van der Waals surface area contributed by atoms with E-state index in [1.54, 1.807) is 0 Å². The molecule has 0 rings (SSSR count). The number of nitrogens with zero attached hydrogens (tertiary/aromatic N) is 3. The third-order valence-electron chi connectivity index (χ3n) is 15.4. The number of hydrogen-bond acceptors (Lipinski definition) is 9. The minimum atomic E-state index is -0.0482. The van der Waals surface area contributed by atoms with Gasteiger partial charge in [-0.3, -0.25) is 14.5 Å². The van der Waals surface area contributed by atoms with Gasteiger partial charge in [0.1, 0.15) is 0 Å². The highest BCUT2D eigenvalue weighted by molar-refractivity contribution is 5.71. The van der Waals surface area contributed by atoms with Crippen molar-refractivity contribution in [1.82, 2.24) is 14.9 Å². The van der Waals surface area contributed by atoms with Gasteiger partial charge in [0, 0.05) is 26.1 Å². The highest BCUT2D eigenvalue weighted by Gasteiger charge is 2.12. The number of rotatable bonds is 64. The molecule has 0 bridgehead atoms. The lowest BCUT2D eigenvalue weighted by molar-refractivity contribution is -0.145. The molecule has 0 spiro atoms. The van der Waals surface area contributed by atoms with Gasteiger partial charge in [0.15, 0.2) is 0 Å². The maximum atomic E-state index is 12.7. The normalized spacial score (nSPS) is 12.0. The van der Waals surface area contributed by atoms with Crippen LogP contribution in [0.2, 0.25) is 0 Å². The van der Waals surface area contributed by atoms with E-state index in [4.69, 9.17) is 9.47 Å². The molecular formula is C67H131N3O6. The summed E-state index contributed by atoms with van der Waals surface area (Å²) in [6.45, 7) is 15.2. The standard InChI is InChI=1S/C67H131N3O6/c1-4-7-10-13-16-17-18-19-20-21-22-23-24-30-39-46-55-68(61-62-71)56-47-40-31-25-26-34-43-52-63-75-66(72)54-45-36-29-27-32-41-50-59-70(74)60-51-42-33-28-35-44-53-64-76-67(73)65-69(57-48-37-14-11-8-5-2)58-49-38-15-12-9-6-3/h16-17,19-20,71,74H,4-15,18,21-65H2,1-3H3/b17-16-,20-19-. The molecule has 0 aromatic rings. The number of hydroxylamine groups is 2. The number of hydrogen-bond donors (Lipinski definition) is 2. The van der Waals surface area contributed by atoms with Crippen LogP contribution in [0.3, 0.4) is 0 Å². The molecule has 0 saturated heterocycles. The molecule has 0 aromatic heterocycles. The van der Waals surface area contributed by atoms with Gasteiger partial charge >= 0.3 is 11.9 Å². The fourth-order valence-corrected chi connectivity index (χ4v) is 10.3. The molecule has 76 heavy (non-hydrogen) atoms. The number of unbranched alkanes of at least 4 members (excludes halogenated alkanes) is 38. The van der Waals surface area contributed by atoms with Crippen LogP contribution in [0.5, 0.6) is 0 Å². The van der Waals surface area contributed by atoms with Crippen LogP contribution in [0, 0.1) is 0 Å². The molecule has 0 aliphatic rings. The number of carbonyl (C=O) groups excluding carboxylic acids is 2. The Kier molecular flexibility index (Phi) is 62.5. The summed E-state index contributed by atoms with van der Waals surface area (Å²) >= 11 is 0. The Balaban J connectivity index is 3.60. The van der Waals surface area contributed by atoms with Crippen LogP contribution < -0.4 is 0 Å². The smallest absolute Gasteiger partial charge is 0.320 e. The van der Waals surface area contributed by atoms with Gasteiger partial charge in [-0.15, -0.1) is 0 Å². The van der Waals surface area contributed by atoms with Crippen molar-refractivity contribution in [2.45, 2.75) is 323 Å². The predicted molar refractivity (Wildman–Crippen MR) is 328 cm³/mol. The van der Waals surface area contributed by atoms with E-state index < -0.39 is 0 Å². The van der Waals surface area contributed by atoms with Crippen LogP contribution in [0.15, 0.2) is 24.3 Å². The fourth-order valence-electron chi connectivity index (χ4n) is 10.3. The van der Waals surface area contributed by atoms with Crippen molar-refractivity contribution < 1.29 is 29.4 Å². The van der Waals surface area contributed by atoms with Crippen LogP contribution in [0.25, 0.3) is 0 Å². The van der Waals surface area contributed by atoms with Gasteiger partial charge < -0.3 is 24.7 Å². The van der Waals surface area contributed by atoms with Gasteiger partial charge in [-0.1, -0.05) is 251 Å². The van der Waals surface area contributed by atoms with Gasteiger partial charge in [-0.25, -0.2) is 0 Å². The number of esters is 2. The van der Waals surface area contributed by atoms with E-state index in [0.29, 0.717) is 26.2 Å². The number of ether oxygens (including phenoxy) is 2. The highest BCUT2D eigenvalue weighted by atomic mass is 16.5. The minimum Gasteiger partial charge on any atom is -0.466 e. The Morgan fingerprint density at radius 1 is 0.342 bits per heavy atom. The van der Waals surface area contributed by atoms with Crippen molar-refractivity contribution in [3.8, 4) is 0 Å². The molecule has 0 aliphatic heterocycles. The second kappa shape index (κ2) is 64.0. The van der Waals surface area contributed by atoms with E-state index in [0.717, 1.165) is 123 Å². The van der Waals surface area contributed by atoms with Gasteiger partial charge in [0.2, 0.25) is 0 Å². The molecule has 0 amide bonds. The molecule has 9 heteroatoms. The number of aliphatic hydroxyl groups is 1. The summed E-state index contributed by atoms with van der Waals surface area (Å²) in [6, 6.07) is 0. The number of aliphatic hydroxyl groups excluding tert-OH is 1. The van der Waals surface area contributed by atoms with Gasteiger partial charge in [-0.05, 0) is 116 Å². The first-order valence-corrected chi connectivity index (χ1v) is 33.6. The molecule has 0 aliphatic carbocycles. The Morgan fingerprint density at radius 2 is 0.658 bits per heavy atom. The van der Waals surface area contributed by atoms with Crippen molar-refractivity contribution in [2.24, 2.45) is 0 Å². The maximum absolute atomic E-state index is 12.7. The maximum Gasteiger partial charge on any atom is 0.320 e. The van der Waals surface area contributed by atoms with Gasteiger partial charge in [0.05, 0.1) is 26.4 Å².